The van der Waals surface area contributed by atoms with Crippen molar-refractivity contribution < 1.29 is 17.9 Å². The third kappa shape index (κ3) is 4.65. The van der Waals surface area contributed by atoms with Crippen LogP contribution in [-0.2, 0) is 0 Å². The molecule has 3 aromatic rings. The molecule has 142 valence electrons. The van der Waals surface area contributed by atoms with Crippen molar-refractivity contribution in [3.05, 3.63) is 54.4 Å². The number of hydrogen-bond acceptors (Lipinski definition) is 5. The lowest BCUT2D eigenvalue weighted by Gasteiger charge is -2.17. The third-order valence-electron chi connectivity index (χ3n) is 3.99. The summed E-state index contributed by atoms with van der Waals surface area (Å²) in [5.41, 5.74) is 7.50. The van der Waals surface area contributed by atoms with Crippen molar-refractivity contribution in [3.63, 3.8) is 0 Å². The van der Waals surface area contributed by atoms with Crippen LogP contribution in [0.3, 0.4) is 0 Å². The molecule has 0 bridgehead atoms. The highest BCUT2D eigenvalue weighted by Gasteiger charge is 2.31. The summed E-state index contributed by atoms with van der Waals surface area (Å²) in [6.45, 7) is 3.96. The number of hydrogen-bond donors (Lipinski definition) is 2. The molecule has 2 aromatic carbocycles. The van der Waals surface area contributed by atoms with Gasteiger partial charge in [-0.25, -0.2) is 9.97 Å². The molecular formula is C19H19F3N4O. The summed E-state index contributed by atoms with van der Waals surface area (Å²) in [6, 6.07) is 12.6. The Morgan fingerprint density at radius 1 is 1.00 bits per heavy atom. The van der Waals surface area contributed by atoms with Gasteiger partial charge in [0.2, 0.25) is 0 Å². The van der Waals surface area contributed by atoms with Crippen molar-refractivity contribution in [3.8, 4) is 5.75 Å². The van der Waals surface area contributed by atoms with Gasteiger partial charge in [-0.05, 0) is 42.3 Å². The van der Waals surface area contributed by atoms with Gasteiger partial charge in [-0.1, -0.05) is 26.0 Å². The monoisotopic (exact) mass is 376 g/mol. The van der Waals surface area contributed by atoms with E-state index >= 15 is 0 Å². The van der Waals surface area contributed by atoms with Crippen LogP contribution in [0.15, 0.2) is 48.5 Å². The normalized spacial score (nSPS) is 13.0. The van der Waals surface area contributed by atoms with Gasteiger partial charge in [0.25, 0.3) is 0 Å². The number of nitrogens with zero attached hydrogens (tertiary/aromatic N) is 2. The fourth-order valence-electron chi connectivity index (χ4n) is 2.51. The van der Waals surface area contributed by atoms with Crippen LogP contribution in [0.25, 0.3) is 10.9 Å². The van der Waals surface area contributed by atoms with Crippen LogP contribution < -0.4 is 15.8 Å². The van der Waals surface area contributed by atoms with Crippen LogP contribution in [0.5, 0.6) is 5.75 Å². The topological polar surface area (TPSA) is 73.1 Å². The molecule has 0 unspecified atom stereocenters. The molecular weight excluding hydrogens is 357 g/mol. The molecule has 1 aromatic heterocycles. The van der Waals surface area contributed by atoms with E-state index < -0.39 is 6.36 Å². The second-order valence-corrected chi connectivity index (χ2v) is 6.41. The Labute approximate surface area is 154 Å². The Balaban J connectivity index is 1.94. The molecule has 0 fully saturated rings. The predicted molar refractivity (Wildman–Crippen MR) is 97.7 cm³/mol. The van der Waals surface area contributed by atoms with Crippen molar-refractivity contribution in [2.75, 3.05) is 5.32 Å². The minimum atomic E-state index is -4.72. The van der Waals surface area contributed by atoms with Crippen molar-refractivity contribution in [2.45, 2.75) is 26.3 Å². The number of rotatable bonds is 5. The van der Waals surface area contributed by atoms with E-state index in [4.69, 9.17) is 5.73 Å². The lowest BCUT2D eigenvalue weighted by molar-refractivity contribution is -0.274. The van der Waals surface area contributed by atoms with Crippen molar-refractivity contribution in [1.82, 2.24) is 9.97 Å². The maximum absolute atomic E-state index is 12.3. The minimum absolute atomic E-state index is 0.151. The van der Waals surface area contributed by atoms with Gasteiger partial charge in [-0.15, -0.1) is 13.2 Å². The molecule has 3 rings (SSSR count). The number of nitrogens with one attached hydrogen (secondary N) is 1. The fraction of sp³-hybridized carbons (Fsp3) is 0.263. The summed E-state index contributed by atoms with van der Waals surface area (Å²) in [6.07, 6.45) is -4.72. The molecule has 8 heteroatoms. The molecule has 1 heterocycles. The third-order valence-corrected chi connectivity index (χ3v) is 3.99. The average Bonchev–Trinajstić information content (AvgIpc) is 2.61. The van der Waals surface area contributed by atoms with Gasteiger partial charge in [0.15, 0.2) is 0 Å². The van der Waals surface area contributed by atoms with E-state index in [1.165, 1.54) is 24.3 Å². The second-order valence-electron chi connectivity index (χ2n) is 6.41. The van der Waals surface area contributed by atoms with E-state index in [0.717, 1.165) is 10.9 Å². The van der Waals surface area contributed by atoms with Crippen molar-refractivity contribution in [1.29, 1.82) is 0 Å². The lowest BCUT2D eigenvalue weighted by atomic mass is 10.0. The number of benzene rings is 2. The van der Waals surface area contributed by atoms with E-state index in [1.54, 1.807) is 0 Å². The van der Waals surface area contributed by atoms with Crippen LogP contribution in [0, 0.1) is 5.92 Å². The Kier molecular flexibility index (Phi) is 5.18. The molecule has 0 radical (unpaired) electrons. The molecule has 0 saturated heterocycles. The summed E-state index contributed by atoms with van der Waals surface area (Å²) >= 11 is 0. The number of nitrogens with two attached hydrogens (primary N) is 1. The Bertz CT molecular complexity index is 926. The quantitative estimate of drug-likeness (QED) is 0.661. The molecule has 3 N–H and O–H groups in total. The van der Waals surface area contributed by atoms with Crippen molar-refractivity contribution >= 4 is 22.4 Å². The summed E-state index contributed by atoms with van der Waals surface area (Å²) < 4.78 is 40.7. The van der Waals surface area contributed by atoms with Crippen LogP contribution in [0.1, 0.15) is 25.7 Å². The zero-order valence-corrected chi connectivity index (χ0v) is 14.8. The molecule has 0 aliphatic heterocycles. The van der Waals surface area contributed by atoms with E-state index in [9.17, 15) is 13.2 Å². The fourth-order valence-corrected chi connectivity index (χ4v) is 2.51. The molecule has 5 nitrogen and oxygen atoms in total. The van der Waals surface area contributed by atoms with Crippen LogP contribution >= 0.6 is 0 Å². The van der Waals surface area contributed by atoms with Crippen LogP contribution in [-0.4, -0.2) is 16.3 Å². The molecule has 0 saturated carbocycles. The number of halogens is 3. The van der Waals surface area contributed by atoms with Crippen molar-refractivity contribution in [2.24, 2.45) is 11.7 Å². The highest BCUT2D eigenvalue weighted by Crippen LogP contribution is 2.28. The summed E-state index contributed by atoms with van der Waals surface area (Å²) in [4.78, 5) is 9.07. The van der Waals surface area contributed by atoms with Gasteiger partial charge in [0, 0.05) is 11.1 Å². The van der Waals surface area contributed by atoms with Gasteiger partial charge in [-0.3, -0.25) is 0 Å². The first kappa shape index (κ1) is 18.9. The zero-order valence-electron chi connectivity index (χ0n) is 14.8. The number of fused-ring (bicyclic) bond motifs is 1. The highest BCUT2D eigenvalue weighted by molar-refractivity contribution is 5.90. The number of alkyl halides is 3. The summed E-state index contributed by atoms with van der Waals surface area (Å²) in [5, 5.41) is 3.91. The molecule has 27 heavy (non-hydrogen) atoms. The van der Waals surface area contributed by atoms with E-state index in [0.29, 0.717) is 17.3 Å². The van der Waals surface area contributed by atoms with Gasteiger partial charge >= 0.3 is 6.36 Å². The van der Waals surface area contributed by atoms with Gasteiger partial charge in [-0.2, -0.15) is 0 Å². The minimum Gasteiger partial charge on any atom is -0.406 e. The molecule has 0 aliphatic carbocycles. The smallest absolute Gasteiger partial charge is 0.406 e. The standard InChI is InChI=1S/C19H19F3N4O/c1-11(2)16(23)18-25-15-6-4-3-5-14(15)17(26-18)24-12-7-9-13(10-8-12)27-19(20,21)22/h3-11,16H,23H2,1-2H3,(H,24,25,26)/t16-/m0/s1. The number of anilines is 2. The largest absolute Gasteiger partial charge is 0.573 e. The zero-order chi connectivity index (χ0) is 19.6. The maximum Gasteiger partial charge on any atom is 0.573 e. The number of aromatic nitrogens is 2. The Hall–Kier alpha value is -2.87. The van der Waals surface area contributed by atoms with Gasteiger partial charge in [0.05, 0.1) is 11.6 Å². The van der Waals surface area contributed by atoms with Crippen LogP contribution in [0.2, 0.25) is 0 Å². The summed E-state index contributed by atoms with van der Waals surface area (Å²) in [7, 11) is 0. The number of para-hydroxylation sites is 1. The lowest BCUT2D eigenvalue weighted by Crippen LogP contribution is -2.20. The first-order valence-corrected chi connectivity index (χ1v) is 8.38. The Morgan fingerprint density at radius 2 is 1.67 bits per heavy atom. The SMILES string of the molecule is CC(C)[C@H](N)c1nc(Nc2ccc(OC(F)(F)F)cc2)c2ccccc2n1. The highest BCUT2D eigenvalue weighted by atomic mass is 19.4. The average molecular weight is 376 g/mol. The predicted octanol–water partition coefficient (Wildman–Crippen LogP) is 4.93. The van der Waals surface area contributed by atoms with Gasteiger partial charge in [0.1, 0.15) is 17.4 Å². The Morgan fingerprint density at radius 3 is 2.30 bits per heavy atom. The number of ether oxygens (including phenoxy) is 1. The maximum atomic E-state index is 12.3. The van der Waals surface area contributed by atoms with Gasteiger partial charge < -0.3 is 15.8 Å². The first-order valence-electron chi connectivity index (χ1n) is 8.38. The van der Waals surface area contributed by atoms with E-state index in [2.05, 4.69) is 20.0 Å². The first-order chi connectivity index (χ1) is 12.7. The molecule has 0 spiro atoms. The van der Waals surface area contributed by atoms with E-state index in [-0.39, 0.29) is 17.7 Å². The molecule has 0 aliphatic rings. The van der Waals surface area contributed by atoms with Crippen LogP contribution in [0.4, 0.5) is 24.7 Å². The second kappa shape index (κ2) is 7.40. The molecule has 0 amide bonds. The summed E-state index contributed by atoms with van der Waals surface area (Å²) in [5.74, 6) is 0.903. The van der Waals surface area contributed by atoms with E-state index in [1.807, 2.05) is 38.1 Å². The molecule has 1 atom stereocenters.